The maximum Gasteiger partial charge on any atom is 0.231 e. The zero-order valence-corrected chi connectivity index (χ0v) is 17.6. The van der Waals surface area contributed by atoms with Gasteiger partial charge >= 0.3 is 0 Å². The van der Waals surface area contributed by atoms with E-state index in [1.54, 1.807) is 0 Å². The van der Waals surface area contributed by atoms with E-state index < -0.39 is 0 Å². The number of hydrogen-bond acceptors (Lipinski definition) is 2. The molecule has 2 N–H and O–H groups in total. The summed E-state index contributed by atoms with van der Waals surface area (Å²) in [5, 5.41) is 5.06. The molecular formula is C24H33N3O. The van der Waals surface area contributed by atoms with Crippen molar-refractivity contribution in [2.24, 2.45) is 5.92 Å². The van der Waals surface area contributed by atoms with E-state index in [2.05, 4.69) is 73.4 Å². The van der Waals surface area contributed by atoms with Gasteiger partial charge in [0.25, 0.3) is 0 Å². The normalized spacial score (nSPS) is 23.6. The summed E-state index contributed by atoms with van der Waals surface area (Å²) in [5.41, 5.74) is 5.00. The molecule has 2 heterocycles. The number of fused-ring (bicyclic) bond motifs is 2. The highest BCUT2D eigenvalue weighted by Crippen LogP contribution is 2.44. The third-order valence-electron chi connectivity index (χ3n) is 6.52. The smallest absolute Gasteiger partial charge is 0.231 e. The average molecular weight is 380 g/mol. The molecule has 1 amide bonds. The number of nitrogens with one attached hydrogen (secondary N) is 2. The number of H-pyrrole nitrogens is 1. The molecule has 0 saturated carbocycles. The molecule has 0 bridgehead atoms. The average Bonchev–Trinajstić information content (AvgIpc) is 3.08. The molecule has 4 nitrogen and oxygen atoms in total. The molecule has 0 saturated heterocycles. The second kappa shape index (κ2) is 7.40. The number of nitrogens with zero attached hydrogens (tertiary/aromatic N) is 1. The fraction of sp³-hybridized carbons (Fsp3) is 0.542. The SMILES string of the molecule is CCCCCN(C(=O)[C@@H]1C=C2c3cccc4[nH]cc(c34)C[C@@]2(C)NC1)C(C)C. The van der Waals surface area contributed by atoms with Crippen LogP contribution in [0.15, 0.2) is 30.5 Å². The van der Waals surface area contributed by atoms with E-state index >= 15 is 0 Å². The van der Waals surface area contributed by atoms with E-state index in [1.165, 1.54) is 40.4 Å². The van der Waals surface area contributed by atoms with Crippen molar-refractivity contribution < 1.29 is 4.79 Å². The topological polar surface area (TPSA) is 48.1 Å². The van der Waals surface area contributed by atoms with Crippen molar-refractivity contribution in [3.05, 3.63) is 41.6 Å². The summed E-state index contributed by atoms with van der Waals surface area (Å²) in [4.78, 5) is 18.9. The fourth-order valence-corrected chi connectivity index (χ4v) is 4.95. The van der Waals surface area contributed by atoms with Crippen molar-refractivity contribution in [2.45, 2.75) is 65.0 Å². The molecule has 28 heavy (non-hydrogen) atoms. The van der Waals surface area contributed by atoms with Gasteiger partial charge in [-0.05, 0) is 56.4 Å². The van der Waals surface area contributed by atoms with Crippen molar-refractivity contribution in [3.63, 3.8) is 0 Å². The van der Waals surface area contributed by atoms with Crippen LogP contribution in [-0.4, -0.2) is 40.5 Å². The first kappa shape index (κ1) is 19.3. The van der Waals surface area contributed by atoms with Crippen LogP contribution in [0.25, 0.3) is 16.5 Å². The van der Waals surface area contributed by atoms with Gasteiger partial charge in [0.05, 0.1) is 5.92 Å². The number of aromatic amines is 1. The predicted molar refractivity (Wildman–Crippen MR) is 116 cm³/mol. The van der Waals surface area contributed by atoms with Crippen LogP contribution >= 0.6 is 0 Å². The van der Waals surface area contributed by atoms with E-state index in [-0.39, 0.29) is 23.4 Å². The van der Waals surface area contributed by atoms with Gasteiger partial charge in [0.1, 0.15) is 0 Å². The molecule has 0 spiro atoms. The first-order valence-electron chi connectivity index (χ1n) is 10.8. The quantitative estimate of drug-likeness (QED) is 0.725. The minimum atomic E-state index is -0.106. The number of carbonyl (C=O) groups excluding carboxylic acids is 1. The highest BCUT2D eigenvalue weighted by Gasteiger charge is 2.41. The molecule has 2 aromatic rings. The largest absolute Gasteiger partial charge is 0.361 e. The van der Waals surface area contributed by atoms with E-state index in [0.29, 0.717) is 6.54 Å². The van der Waals surface area contributed by atoms with Crippen molar-refractivity contribution in [1.29, 1.82) is 0 Å². The minimum absolute atomic E-state index is 0.0946. The van der Waals surface area contributed by atoms with Crippen molar-refractivity contribution in [1.82, 2.24) is 15.2 Å². The second-order valence-corrected chi connectivity index (χ2v) is 8.95. The Morgan fingerprint density at radius 1 is 1.32 bits per heavy atom. The van der Waals surface area contributed by atoms with Gasteiger partial charge in [-0.3, -0.25) is 4.79 Å². The van der Waals surface area contributed by atoms with Gasteiger partial charge in [0.2, 0.25) is 5.91 Å². The van der Waals surface area contributed by atoms with Gasteiger partial charge in [0, 0.05) is 41.8 Å². The summed E-state index contributed by atoms with van der Waals surface area (Å²) in [5.74, 6) is 0.169. The van der Waals surface area contributed by atoms with Gasteiger partial charge in [-0.15, -0.1) is 0 Å². The first-order valence-corrected chi connectivity index (χ1v) is 10.8. The van der Waals surface area contributed by atoms with E-state index in [4.69, 9.17) is 0 Å². The van der Waals surface area contributed by atoms with Gasteiger partial charge in [0.15, 0.2) is 0 Å². The van der Waals surface area contributed by atoms with Crippen LogP contribution in [-0.2, 0) is 11.2 Å². The number of amides is 1. The molecule has 1 aliphatic heterocycles. The number of benzene rings is 1. The van der Waals surface area contributed by atoms with Crippen LogP contribution in [0.4, 0.5) is 0 Å². The molecule has 4 heteroatoms. The molecule has 1 aromatic heterocycles. The van der Waals surface area contributed by atoms with E-state index in [1.807, 2.05) is 0 Å². The Labute approximate surface area is 168 Å². The highest BCUT2D eigenvalue weighted by molar-refractivity contribution is 6.00. The lowest BCUT2D eigenvalue weighted by molar-refractivity contribution is -0.135. The van der Waals surface area contributed by atoms with Gasteiger partial charge in [-0.2, -0.15) is 0 Å². The maximum atomic E-state index is 13.4. The molecule has 1 aliphatic carbocycles. The molecule has 0 unspecified atom stereocenters. The Hall–Kier alpha value is -2.07. The number of aromatic nitrogens is 1. The fourth-order valence-electron chi connectivity index (χ4n) is 4.95. The molecule has 2 aliphatic rings. The molecule has 150 valence electrons. The van der Waals surface area contributed by atoms with Gasteiger partial charge < -0.3 is 15.2 Å². The van der Waals surface area contributed by atoms with Crippen LogP contribution in [0.2, 0.25) is 0 Å². The summed E-state index contributed by atoms with van der Waals surface area (Å²) in [6, 6.07) is 6.70. The van der Waals surface area contributed by atoms with Crippen LogP contribution in [0.3, 0.4) is 0 Å². The second-order valence-electron chi connectivity index (χ2n) is 8.95. The van der Waals surface area contributed by atoms with Crippen molar-refractivity contribution in [2.75, 3.05) is 13.1 Å². The highest BCUT2D eigenvalue weighted by atomic mass is 16.2. The zero-order chi connectivity index (χ0) is 19.9. The summed E-state index contributed by atoms with van der Waals surface area (Å²) in [6.07, 6.45) is 8.80. The molecule has 4 rings (SSSR count). The molecule has 2 atom stereocenters. The van der Waals surface area contributed by atoms with Gasteiger partial charge in [-0.25, -0.2) is 0 Å². The monoisotopic (exact) mass is 379 g/mol. The van der Waals surface area contributed by atoms with Crippen LogP contribution in [0.1, 0.15) is 58.1 Å². The lowest BCUT2D eigenvalue weighted by atomic mass is 9.72. The molecule has 0 fully saturated rings. The van der Waals surface area contributed by atoms with Crippen LogP contribution in [0, 0.1) is 5.92 Å². The Balaban J connectivity index is 1.68. The lowest BCUT2D eigenvalue weighted by Gasteiger charge is -2.43. The Morgan fingerprint density at radius 2 is 2.14 bits per heavy atom. The van der Waals surface area contributed by atoms with E-state index in [0.717, 1.165) is 19.4 Å². The zero-order valence-electron chi connectivity index (χ0n) is 17.6. The number of rotatable bonds is 6. The molecule has 0 radical (unpaired) electrons. The summed E-state index contributed by atoms with van der Waals surface area (Å²) < 4.78 is 0. The third kappa shape index (κ3) is 3.18. The minimum Gasteiger partial charge on any atom is -0.361 e. The number of hydrogen-bond donors (Lipinski definition) is 2. The Bertz CT molecular complexity index is 910. The van der Waals surface area contributed by atoms with Crippen LogP contribution < -0.4 is 5.32 Å². The van der Waals surface area contributed by atoms with E-state index in [9.17, 15) is 4.79 Å². The molecule has 1 aromatic carbocycles. The van der Waals surface area contributed by atoms with Crippen molar-refractivity contribution >= 4 is 22.4 Å². The summed E-state index contributed by atoms with van der Waals surface area (Å²) in [6.45, 7) is 10.3. The summed E-state index contributed by atoms with van der Waals surface area (Å²) >= 11 is 0. The lowest BCUT2D eigenvalue weighted by Crippen LogP contribution is -2.54. The summed E-state index contributed by atoms with van der Waals surface area (Å²) in [7, 11) is 0. The van der Waals surface area contributed by atoms with Crippen LogP contribution in [0.5, 0.6) is 0 Å². The maximum absolute atomic E-state index is 13.4. The van der Waals surface area contributed by atoms with Gasteiger partial charge in [-0.1, -0.05) is 38.0 Å². The predicted octanol–water partition coefficient (Wildman–Crippen LogP) is 4.51. The molecular weight excluding hydrogens is 346 g/mol. The van der Waals surface area contributed by atoms with Crippen molar-refractivity contribution in [3.8, 4) is 0 Å². The standard InChI is InChI=1S/C24H33N3O/c1-5-6-7-11-27(16(2)3)23(28)17-12-20-19-9-8-10-21-22(19)18(14-25-21)13-24(20,4)26-15-17/h8-10,12,14,16-17,25-26H,5-7,11,13,15H2,1-4H3/t17-,24-/m1/s1. The first-order chi connectivity index (χ1) is 13.4. The third-order valence-corrected chi connectivity index (χ3v) is 6.52. The Kier molecular flexibility index (Phi) is 5.09. The number of carbonyl (C=O) groups is 1. The number of unbranched alkanes of at least 4 members (excludes halogenated alkanes) is 2. The Morgan fingerprint density at radius 3 is 2.89 bits per heavy atom.